The number of anilines is 1. The SMILES string of the molecule is CCNC(=O)C(Cc1ccccc1)N(Cc1ccc(Cl)c(Cl)c1)C(=O)CN(c1cccc(Br)c1)S(C)(=O)=O. The van der Waals surface area contributed by atoms with Crippen molar-refractivity contribution in [3.05, 3.63) is 98.4 Å². The third kappa shape index (κ3) is 8.20. The minimum Gasteiger partial charge on any atom is -0.355 e. The minimum absolute atomic E-state index is 0.0143. The fourth-order valence-electron chi connectivity index (χ4n) is 3.93. The van der Waals surface area contributed by atoms with Crippen molar-refractivity contribution in [2.45, 2.75) is 25.9 Å². The Morgan fingerprint density at radius 1 is 0.947 bits per heavy atom. The third-order valence-electron chi connectivity index (χ3n) is 5.73. The van der Waals surface area contributed by atoms with Gasteiger partial charge in [-0.1, -0.05) is 81.6 Å². The number of likely N-dealkylation sites (N-methyl/N-ethyl adjacent to an activating group) is 1. The van der Waals surface area contributed by atoms with Crippen LogP contribution in [0, 0.1) is 0 Å². The maximum Gasteiger partial charge on any atom is 0.244 e. The van der Waals surface area contributed by atoms with Gasteiger partial charge in [0.15, 0.2) is 0 Å². The number of nitrogens with one attached hydrogen (secondary N) is 1. The molecule has 38 heavy (non-hydrogen) atoms. The number of amides is 2. The maximum atomic E-state index is 13.9. The molecule has 3 aromatic carbocycles. The molecule has 0 heterocycles. The van der Waals surface area contributed by atoms with E-state index >= 15 is 0 Å². The summed E-state index contributed by atoms with van der Waals surface area (Å²) in [6.07, 6.45) is 1.27. The number of carbonyl (C=O) groups is 2. The number of hydrogen-bond acceptors (Lipinski definition) is 4. The third-order valence-corrected chi connectivity index (χ3v) is 8.11. The van der Waals surface area contributed by atoms with Crippen molar-refractivity contribution in [1.29, 1.82) is 0 Å². The van der Waals surface area contributed by atoms with Crippen molar-refractivity contribution in [1.82, 2.24) is 10.2 Å². The molecule has 0 spiro atoms. The molecule has 0 aliphatic rings. The lowest BCUT2D eigenvalue weighted by Gasteiger charge is -2.33. The zero-order valence-electron chi connectivity index (χ0n) is 20.9. The first kappa shape index (κ1) is 30.0. The predicted octanol–water partition coefficient (Wildman–Crippen LogP) is 5.30. The molecule has 0 aromatic heterocycles. The largest absolute Gasteiger partial charge is 0.355 e. The van der Waals surface area contributed by atoms with Crippen molar-refractivity contribution < 1.29 is 18.0 Å². The molecule has 3 rings (SSSR count). The van der Waals surface area contributed by atoms with Crippen LogP contribution < -0.4 is 9.62 Å². The molecular formula is C27H28BrCl2N3O4S. The number of carbonyl (C=O) groups excluding carboxylic acids is 2. The van der Waals surface area contributed by atoms with Gasteiger partial charge in [-0.2, -0.15) is 0 Å². The van der Waals surface area contributed by atoms with E-state index in [-0.39, 0.29) is 18.9 Å². The summed E-state index contributed by atoms with van der Waals surface area (Å²) in [6.45, 7) is 1.68. The molecule has 7 nitrogen and oxygen atoms in total. The molecule has 3 aromatic rings. The van der Waals surface area contributed by atoms with Gasteiger partial charge in [-0.15, -0.1) is 0 Å². The van der Waals surface area contributed by atoms with E-state index in [9.17, 15) is 18.0 Å². The van der Waals surface area contributed by atoms with Crippen LogP contribution in [-0.2, 0) is 32.6 Å². The summed E-state index contributed by atoms with van der Waals surface area (Å²) in [5.41, 5.74) is 1.81. The molecule has 0 fully saturated rings. The van der Waals surface area contributed by atoms with E-state index in [1.54, 1.807) is 49.4 Å². The topological polar surface area (TPSA) is 86.8 Å². The quantitative estimate of drug-likeness (QED) is 0.308. The van der Waals surface area contributed by atoms with E-state index in [0.29, 0.717) is 32.3 Å². The van der Waals surface area contributed by atoms with Gasteiger partial charge in [0.25, 0.3) is 0 Å². The molecule has 1 atom stereocenters. The Kier molecular flexibility index (Phi) is 10.6. The van der Waals surface area contributed by atoms with Gasteiger partial charge in [0.1, 0.15) is 12.6 Å². The summed E-state index contributed by atoms with van der Waals surface area (Å²) in [5.74, 6) is -0.896. The van der Waals surface area contributed by atoms with Gasteiger partial charge in [0.05, 0.1) is 22.0 Å². The highest BCUT2D eigenvalue weighted by Gasteiger charge is 2.33. The molecule has 1 N–H and O–H groups in total. The number of hydrogen-bond donors (Lipinski definition) is 1. The Bertz CT molecular complexity index is 1390. The van der Waals surface area contributed by atoms with Crippen LogP contribution in [0.25, 0.3) is 0 Å². The smallest absolute Gasteiger partial charge is 0.244 e. The Morgan fingerprint density at radius 3 is 2.26 bits per heavy atom. The zero-order valence-corrected chi connectivity index (χ0v) is 24.8. The number of nitrogens with zero attached hydrogens (tertiary/aromatic N) is 2. The summed E-state index contributed by atoms with van der Waals surface area (Å²) in [5, 5.41) is 3.48. The minimum atomic E-state index is -3.84. The molecule has 202 valence electrons. The van der Waals surface area contributed by atoms with Gasteiger partial charge in [-0.05, 0) is 48.4 Å². The Labute approximate surface area is 241 Å². The summed E-state index contributed by atoms with van der Waals surface area (Å²) in [7, 11) is -3.84. The molecule has 0 bridgehead atoms. The van der Waals surface area contributed by atoms with Crippen molar-refractivity contribution >= 4 is 66.7 Å². The molecule has 0 aliphatic heterocycles. The van der Waals surface area contributed by atoms with Gasteiger partial charge < -0.3 is 10.2 Å². The first-order valence-corrected chi connectivity index (χ1v) is 15.2. The van der Waals surface area contributed by atoms with E-state index in [1.165, 1.54) is 4.90 Å². The number of rotatable bonds is 11. The van der Waals surface area contributed by atoms with Gasteiger partial charge in [0, 0.05) is 24.0 Å². The van der Waals surface area contributed by atoms with Gasteiger partial charge in [-0.3, -0.25) is 13.9 Å². The lowest BCUT2D eigenvalue weighted by atomic mass is 10.0. The monoisotopic (exact) mass is 639 g/mol. The van der Waals surface area contributed by atoms with E-state index < -0.39 is 28.5 Å². The second-order valence-electron chi connectivity index (χ2n) is 8.62. The van der Waals surface area contributed by atoms with Crippen molar-refractivity contribution in [2.24, 2.45) is 0 Å². The fourth-order valence-corrected chi connectivity index (χ4v) is 5.47. The summed E-state index contributed by atoms with van der Waals surface area (Å²) >= 11 is 15.7. The van der Waals surface area contributed by atoms with Gasteiger partial charge in [-0.25, -0.2) is 8.42 Å². The average Bonchev–Trinajstić information content (AvgIpc) is 2.86. The Hall–Kier alpha value is -2.59. The molecule has 2 amide bonds. The fraction of sp³-hybridized carbons (Fsp3) is 0.259. The molecule has 0 saturated carbocycles. The summed E-state index contributed by atoms with van der Waals surface area (Å²) in [6, 6.07) is 20.0. The second-order valence-corrected chi connectivity index (χ2v) is 12.3. The predicted molar refractivity (Wildman–Crippen MR) is 156 cm³/mol. The van der Waals surface area contributed by atoms with E-state index in [1.807, 2.05) is 30.3 Å². The average molecular weight is 641 g/mol. The highest BCUT2D eigenvalue weighted by molar-refractivity contribution is 9.10. The normalized spacial score (nSPS) is 12.0. The van der Waals surface area contributed by atoms with Gasteiger partial charge >= 0.3 is 0 Å². The van der Waals surface area contributed by atoms with Crippen LogP contribution in [-0.4, -0.2) is 50.5 Å². The van der Waals surface area contributed by atoms with Crippen LogP contribution in [0.2, 0.25) is 10.0 Å². The highest BCUT2D eigenvalue weighted by Crippen LogP contribution is 2.26. The van der Waals surface area contributed by atoms with Crippen LogP contribution in [0.4, 0.5) is 5.69 Å². The first-order chi connectivity index (χ1) is 18.0. The standard InChI is InChI=1S/C27H28BrCl2N3O4S/c1-3-31-27(35)25(15-19-8-5-4-6-9-19)32(17-20-12-13-23(29)24(30)14-20)26(34)18-33(38(2,36)37)22-11-7-10-21(28)16-22/h4-14,16,25H,3,15,17-18H2,1-2H3,(H,31,35). The van der Waals surface area contributed by atoms with Crippen molar-refractivity contribution in [3.63, 3.8) is 0 Å². The van der Waals surface area contributed by atoms with Crippen LogP contribution in [0.3, 0.4) is 0 Å². The molecule has 0 saturated heterocycles. The van der Waals surface area contributed by atoms with Gasteiger partial charge in [0.2, 0.25) is 21.8 Å². The zero-order chi connectivity index (χ0) is 27.9. The van der Waals surface area contributed by atoms with Crippen LogP contribution >= 0.6 is 39.1 Å². The van der Waals surface area contributed by atoms with Crippen LogP contribution in [0.5, 0.6) is 0 Å². The maximum absolute atomic E-state index is 13.9. The first-order valence-electron chi connectivity index (χ1n) is 11.8. The van der Waals surface area contributed by atoms with E-state index in [4.69, 9.17) is 23.2 Å². The molecular weight excluding hydrogens is 613 g/mol. The summed E-state index contributed by atoms with van der Waals surface area (Å²) < 4.78 is 27.2. The molecule has 0 aliphatic carbocycles. The second kappa shape index (κ2) is 13.5. The Morgan fingerprint density at radius 2 is 1.66 bits per heavy atom. The van der Waals surface area contributed by atoms with Crippen molar-refractivity contribution in [3.8, 4) is 0 Å². The number of halogens is 3. The Balaban J connectivity index is 2.05. The lowest BCUT2D eigenvalue weighted by Crippen LogP contribution is -2.53. The van der Waals surface area contributed by atoms with Crippen molar-refractivity contribution in [2.75, 3.05) is 23.7 Å². The highest BCUT2D eigenvalue weighted by atomic mass is 79.9. The number of benzene rings is 3. The van der Waals surface area contributed by atoms with E-state index in [2.05, 4.69) is 21.2 Å². The van der Waals surface area contributed by atoms with Crippen LogP contribution in [0.1, 0.15) is 18.1 Å². The molecule has 1 unspecified atom stereocenters. The molecule has 11 heteroatoms. The molecule has 0 radical (unpaired) electrons. The van der Waals surface area contributed by atoms with Crippen LogP contribution in [0.15, 0.2) is 77.3 Å². The van der Waals surface area contributed by atoms with E-state index in [0.717, 1.165) is 16.1 Å². The summed E-state index contributed by atoms with van der Waals surface area (Å²) in [4.78, 5) is 28.6. The lowest BCUT2D eigenvalue weighted by molar-refractivity contribution is -0.140. The number of sulfonamides is 1.